The summed E-state index contributed by atoms with van der Waals surface area (Å²) in [6.07, 6.45) is 0. The number of hydrogen-bond donors (Lipinski definition) is 1. The van der Waals surface area contributed by atoms with Gasteiger partial charge in [0.05, 0.1) is 7.11 Å². The van der Waals surface area contributed by atoms with Crippen LogP contribution in [0, 0.1) is 18.3 Å². The summed E-state index contributed by atoms with van der Waals surface area (Å²) in [5.74, 6) is 1.58. The van der Waals surface area contributed by atoms with Crippen LogP contribution in [0.5, 0.6) is 11.5 Å². The Morgan fingerprint density at radius 2 is 2.05 bits per heavy atom. The molecule has 0 saturated heterocycles. The van der Waals surface area contributed by atoms with Crippen LogP contribution < -0.4 is 14.8 Å². The largest absolute Gasteiger partial charge is 0.496 e. The highest BCUT2D eigenvalue weighted by Crippen LogP contribution is 2.21. The molecular formula is C17H18N2O2. The second-order valence-electron chi connectivity index (χ2n) is 4.63. The number of methoxy groups -OCH3 is 1. The van der Waals surface area contributed by atoms with Crippen LogP contribution in [0.1, 0.15) is 11.1 Å². The average Bonchev–Trinajstić information content (AvgIpc) is 2.51. The van der Waals surface area contributed by atoms with Crippen molar-refractivity contribution in [2.75, 3.05) is 19.0 Å². The molecule has 0 aliphatic rings. The van der Waals surface area contributed by atoms with Gasteiger partial charge in [0.2, 0.25) is 0 Å². The Morgan fingerprint density at radius 1 is 1.19 bits per heavy atom. The quantitative estimate of drug-likeness (QED) is 0.880. The van der Waals surface area contributed by atoms with E-state index in [-0.39, 0.29) is 6.61 Å². The Bertz CT molecular complexity index is 647. The van der Waals surface area contributed by atoms with Crippen molar-refractivity contribution in [3.8, 4) is 17.6 Å². The molecule has 0 fully saturated rings. The van der Waals surface area contributed by atoms with Crippen LogP contribution in [-0.2, 0) is 6.54 Å². The zero-order valence-corrected chi connectivity index (χ0v) is 12.2. The fourth-order valence-corrected chi connectivity index (χ4v) is 2.07. The predicted molar refractivity (Wildman–Crippen MR) is 82.6 cm³/mol. The third kappa shape index (κ3) is 4.15. The van der Waals surface area contributed by atoms with Gasteiger partial charge >= 0.3 is 0 Å². The van der Waals surface area contributed by atoms with E-state index in [1.807, 2.05) is 49.4 Å². The molecule has 4 nitrogen and oxygen atoms in total. The maximum Gasteiger partial charge on any atom is 0.174 e. The van der Waals surface area contributed by atoms with E-state index >= 15 is 0 Å². The Labute approximate surface area is 124 Å². The molecule has 0 saturated carbocycles. The summed E-state index contributed by atoms with van der Waals surface area (Å²) in [6, 6.07) is 15.6. The van der Waals surface area contributed by atoms with E-state index in [1.54, 1.807) is 7.11 Å². The minimum absolute atomic E-state index is 0.0567. The molecule has 0 atom stereocenters. The lowest BCUT2D eigenvalue weighted by atomic mass is 10.1. The molecule has 0 aliphatic heterocycles. The summed E-state index contributed by atoms with van der Waals surface area (Å²) in [7, 11) is 1.67. The predicted octanol–water partition coefficient (Wildman–Crippen LogP) is 3.52. The number of ether oxygens (including phenoxy) is 2. The smallest absolute Gasteiger partial charge is 0.174 e. The van der Waals surface area contributed by atoms with E-state index in [0.717, 1.165) is 17.0 Å². The van der Waals surface area contributed by atoms with Crippen molar-refractivity contribution in [3.63, 3.8) is 0 Å². The monoisotopic (exact) mass is 282 g/mol. The molecule has 2 aromatic carbocycles. The van der Waals surface area contributed by atoms with Crippen molar-refractivity contribution >= 4 is 5.69 Å². The van der Waals surface area contributed by atoms with Crippen molar-refractivity contribution in [2.45, 2.75) is 13.5 Å². The van der Waals surface area contributed by atoms with Crippen molar-refractivity contribution in [1.29, 1.82) is 5.26 Å². The van der Waals surface area contributed by atoms with E-state index in [0.29, 0.717) is 12.3 Å². The number of nitrogens with one attached hydrogen (secondary N) is 1. The van der Waals surface area contributed by atoms with E-state index in [1.165, 1.54) is 5.56 Å². The van der Waals surface area contributed by atoms with E-state index in [2.05, 4.69) is 11.4 Å². The molecule has 0 bridgehead atoms. The summed E-state index contributed by atoms with van der Waals surface area (Å²) >= 11 is 0. The van der Waals surface area contributed by atoms with Crippen LogP contribution in [0.3, 0.4) is 0 Å². The van der Waals surface area contributed by atoms with E-state index in [9.17, 15) is 0 Å². The molecular weight excluding hydrogens is 264 g/mol. The van der Waals surface area contributed by atoms with Crippen LogP contribution in [0.25, 0.3) is 0 Å². The lowest BCUT2D eigenvalue weighted by molar-refractivity contribution is 0.368. The normalized spacial score (nSPS) is 9.76. The first-order valence-electron chi connectivity index (χ1n) is 6.70. The van der Waals surface area contributed by atoms with Gasteiger partial charge in [-0.05, 0) is 36.2 Å². The van der Waals surface area contributed by atoms with Gasteiger partial charge in [0.1, 0.15) is 17.6 Å². The second kappa shape index (κ2) is 7.20. The summed E-state index contributed by atoms with van der Waals surface area (Å²) < 4.78 is 10.5. The molecule has 0 aromatic heterocycles. The number of rotatable bonds is 6. The molecule has 4 heteroatoms. The van der Waals surface area contributed by atoms with Crippen molar-refractivity contribution < 1.29 is 9.47 Å². The SMILES string of the molecule is COc1ccc(CNc2cccc(OCC#N)c2)cc1C. The summed E-state index contributed by atoms with van der Waals surface area (Å²) in [5, 5.41) is 11.9. The number of nitrogens with zero attached hydrogens (tertiary/aromatic N) is 1. The standard InChI is InChI=1S/C17H18N2O2/c1-13-10-14(6-7-17(13)20-2)12-19-15-4-3-5-16(11-15)21-9-8-18/h3-7,10-11,19H,9,12H2,1-2H3. The van der Waals surface area contributed by atoms with Crippen LogP contribution in [0.4, 0.5) is 5.69 Å². The minimum atomic E-state index is 0.0567. The van der Waals surface area contributed by atoms with Gasteiger partial charge in [-0.3, -0.25) is 0 Å². The zero-order valence-electron chi connectivity index (χ0n) is 12.2. The summed E-state index contributed by atoms with van der Waals surface area (Å²) in [5.41, 5.74) is 3.25. The number of aryl methyl sites for hydroxylation is 1. The van der Waals surface area contributed by atoms with Gasteiger partial charge < -0.3 is 14.8 Å². The Balaban J connectivity index is 1.99. The molecule has 1 N–H and O–H groups in total. The van der Waals surface area contributed by atoms with Crippen molar-refractivity contribution in [1.82, 2.24) is 0 Å². The first-order chi connectivity index (χ1) is 10.2. The fourth-order valence-electron chi connectivity index (χ4n) is 2.07. The number of anilines is 1. The summed E-state index contributed by atoms with van der Waals surface area (Å²) in [6.45, 7) is 2.80. The Kier molecular flexibility index (Phi) is 5.05. The van der Waals surface area contributed by atoms with Crippen LogP contribution in [0.2, 0.25) is 0 Å². The van der Waals surface area contributed by atoms with E-state index in [4.69, 9.17) is 14.7 Å². The second-order valence-corrected chi connectivity index (χ2v) is 4.63. The van der Waals surface area contributed by atoms with Gasteiger partial charge in [0, 0.05) is 18.3 Å². The Hall–Kier alpha value is -2.67. The third-order valence-corrected chi connectivity index (χ3v) is 3.09. The highest BCUT2D eigenvalue weighted by Gasteiger charge is 2.01. The molecule has 21 heavy (non-hydrogen) atoms. The highest BCUT2D eigenvalue weighted by molar-refractivity contribution is 5.49. The van der Waals surface area contributed by atoms with Gasteiger partial charge in [-0.25, -0.2) is 0 Å². The zero-order chi connectivity index (χ0) is 15.1. The van der Waals surface area contributed by atoms with Gasteiger partial charge in [0.25, 0.3) is 0 Å². The molecule has 0 unspecified atom stereocenters. The fraction of sp³-hybridized carbons (Fsp3) is 0.235. The maximum absolute atomic E-state index is 8.52. The highest BCUT2D eigenvalue weighted by atomic mass is 16.5. The van der Waals surface area contributed by atoms with E-state index < -0.39 is 0 Å². The van der Waals surface area contributed by atoms with Crippen molar-refractivity contribution in [2.24, 2.45) is 0 Å². The van der Waals surface area contributed by atoms with Gasteiger partial charge in [-0.15, -0.1) is 0 Å². The molecule has 0 amide bonds. The molecule has 2 aromatic rings. The topological polar surface area (TPSA) is 54.3 Å². The number of benzene rings is 2. The summed E-state index contributed by atoms with van der Waals surface area (Å²) in [4.78, 5) is 0. The molecule has 0 radical (unpaired) electrons. The van der Waals surface area contributed by atoms with Gasteiger partial charge in [-0.2, -0.15) is 5.26 Å². The van der Waals surface area contributed by atoms with Gasteiger partial charge in [-0.1, -0.05) is 18.2 Å². The average molecular weight is 282 g/mol. The van der Waals surface area contributed by atoms with Crippen LogP contribution in [-0.4, -0.2) is 13.7 Å². The Morgan fingerprint density at radius 3 is 2.76 bits per heavy atom. The molecule has 0 aliphatic carbocycles. The molecule has 0 spiro atoms. The molecule has 2 rings (SSSR count). The van der Waals surface area contributed by atoms with Gasteiger partial charge in [0.15, 0.2) is 6.61 Å². The lowest BCUT2D eigenvalue weighted by Gasteiger charge is -2.10. The van der Waals surface area contributed by atoms with Crippen molar-refractivity contribution in [3.05, 3.63) is 53.6 Å². The molecule has 108 valence electrons. The number of nitriles is 1. The minimum Gasteiger partial charge on any atom is -0.496 e. The van der Waals surface area contributed by atoms with Crippen LogP contribution >= 0.6 is 0 Å². The molecule has 0 heterocycles. The first kappa shape index (κ1) is 14.7. The number of hydrogen-bond acceptors (Lipinski definition) is 4. The maximum atomic E-state index is 8.52. The lowest BCUT2D eigenvalue weighted by Crippen LogP contribution is -2.01. The van der Waals surface area contributed by atoms with Crippen LogP contribution in [0.15, 0.2) is 42.5 Å². The first-order valence-corrected chi connectivity index (χ1v) is 6.70. The third-order valence-electron chi connectivity index (χ3n) is 3.09.